The molecule has 0 saturated carbocycles. The van der Waals surface area contributed by atoms with Gasteiger partial charge >= 0.3 is 26.2 Å². The van der Waals surface area contributed by atoms with Crippen molar-refractivity contribution in [1.82, 2.24) is 0 Å². The molecule has 0 aliphatic heterocycles. The maximum atomic E-state index is 4.26. The minimum Gasteiger partial charge on any atom is -0.412 e. The van der Waals surface area contributed by atoms with Crippen molar-refractivity contribution < 1.29 is 73.9 Å². The topological polar surface area (TPSA) is 261 Å². The van der Waals surface area contributed by atoms with Gasteiger partial charge in [-0.3, -0.25) is 0 Å². The third-order valence-corrected chi connectivity index (χ3v) is 0. The van der Waals surface area contributed by atoms with E-state index in [-0.39, 0.29) is 70.0 Å². The normalized spacial score (nSPS) is 1.50. The zero-order valence-electron chi connectivity index (χ0n) is 5.66. The maximum absolute atomic E-state index is 4.26. The monoisotopic (exact) mass is 320 g/mol. The Labute approximate surface area is 97.5 Å². The van der Waals surface area contributed by atoms with E-state index in [9.17, 15) is 0 Å². The van der Waals surface area contributed by atoms with Gasteiger partial charge in [0.05, 0.1) is 23.7 Å². The summed E-state index contributed by atoms with van der Waals surface area (Å²) in [6, 6.07) is 0. The van der Waals surface area contributed by atoms with E-state index in [1.165, 1.54) is 0 Å². The SMILES string of the molecule is ClOCl.O.O.O.O.O.O.O.O.[Zr+4]. The standard InChI is InChI=1S/Cl2O.8H2O.Zr/c1-3-2;;;;;;;;;/h;8*1H2;/q;;;;;;;;;+4. The van der Waals surface area contributed by atoms with Crippen LogP contribution in [0.3, 0.4) is 0 Å². The third-order valence-electron chi connectivity index (χ3n) is 0. The van der Waals surface area contributed by atoms with Crippen LogP contribution in [0.1, 0.15) is 0 Å². The summed E-state index contributed by atoms with van der Waals surface area (Å²) >= 11 is 8.53. The molecule has 0 fully saturated rings. The summed E-state index contributed by atoms with van der Waals surface area (Å²) in [5.74, 6) is 0. The molecule has 0 rings (SSSR count). The molecule has 0 unspecified atom stereocenters. The van der Waals surface area contributed by atoms with Crippen LogP contribution in [0.5, 0.6) is 0 Å². The van der Waals surface area contributed by atoms with E-state index in [0.29, 0.717) is 0 Å². The van der Waals surface area contributed by atoms with E-state index in [0.717, 1.165) is 0 Å². The van der Waals surface area contributed by atoms with Crippen molar-refractivity contribution in [2.75, 3.05) is 0 Å². The molecular weight excluding hydrogens is 306 g/mol. The largest absolute Gasteiger partial charge is 4.00 e. The average Bonchev–Trinajstić information content (AvgIpc) is 0.918. The van der Waals surface area contributed by atoms with E-state index < -0.39 is 0 Å². The van der Waals surface area contributed by atoms with Gasteiger partial charge in [-0.05, 0) is 0 Å². The van der Waals surface area contributed by atoms with Crippen LogP contribution in [-0.4, -0.2) is 43.8 Å². The molecule has 0 aliphatic carbocycles. The molecule has 0 aliphatic rings. The van der Waals surface area contributed by atoms with Crippen LogP contribution < -0.4 is 0 Å². The van der Waals surface area contributed by atoms with Gasteiger partial charge in [-0.1, -0.05) is 0 Å². The fourth-order valence-corrected chi connectivity index (χ4v) is 0. The van der Waals surface area contributed by atoms with Crippen molar-refractivity contribution in [1.29, 1.82) is 0 Å². The summed E-state index contributed by atoms with van der Waals surface area (Å²) in [7, 11) is 0. The molecule has 0 spiro atoms. The van der Waals surface area contributed by atoms with Crippen molar-refractivity contribution in [2.24, 2.45) is 0 Å². The second-order valence-electron chi connectivity index (χ2n) is 0.0583. The molecule has 0 amide bonds. The Kier molecular flexibility index (Phi) is 5600. The van der Waals surface area contributed by atoms with Gasteiger partial charge in [0.2, 0.25) is 0 Å². The number of halogens is 2. The summed E-state index contributed by atoms with van der Waals surface area (Å²) in [5.41, 5.74) is 0. The van der Waals surface area contributed by atoms with Crippen LogP contribution in [0.2, 0.25) is 0 Å². The maximum Gasteiger partial charge on any atom is 4.00 e. The van der Waals surface area contributed by atoms with Crippen molar-refractivity contribution in [3.05, 3.63) is 0 Å². The van der Waals surface area contributed by atoms with Gasteiger partial charge in [0.1, 0.15) is 0 Å². The molecule has 0 radical (unpaired) electrons. The molecule has 0 aromatic rings. The van der Waals surface area contributed by atoms with Gasteiger partial charge in [-0.2, -0.15) is 3.84 Å². The molecule has 0 aromatic carbocycles. The van der Waals surface area contributed by atoms with Gasteiger partial charge < -0.3 is 43.8 Å². The van der Waals surface area contributed by atoms with Crippen LogP contribution in [-0.2, 0) is 30.0 Å². The summed E-state index contributed by atoms with van der Waals surface area (Å²) in [5, 5.41) is 0. The molecule has 84 valence electrons. The predicted octanol–water partition coefficient (Wildman–Crippen LogP) is -5.29. The summed E-state index contributed by atoms with van der Waals surface area (Å²) in [4.78, 5) is 0. The zero-order valence-corrected chi connectivity index (χ0v) is 9.63. The molecule has 0 atom stereocenters. The molecule has 0 aromatic heterocycles. The van der Waals surface area contributed by atoms with Crippen LogP contribution >= 0.6 is 23.7 Å². The number of hydrogen-bond acceptors (Lipinski definition) is 1. The second kappa shape index (κ2) is 337. The molecule has 12 heteroatoms. The van der Waals surface area contributed by atoms with Crippen LogP contribution in [0.4, 0.5) is 0 Å². The fourth-order valence-electron chi connectivity index (χ4n) is 0. The summed E-state index contributed by atoms with van der Waals surface area (Å²) in [6.45, 7) is 0. The van der Waals surface area contributed by atoms with E-state index in [1.54, 1.807) is 0 Å². The van der Waals surface area contributed by atoms with Crippen molar-refractivity contribution in [3.63, 3.8) is 0 Å². The van der Waals surface area contributed by atoms with Gasteiger partial charge in [-0.25, -0.2) is 0 Å². The molecule has 9 nitrogen and oxygen atoms in total. The number of rotatable bonds is 0. The Balaban J connectivity index is -0.000000000556. The minimum atomic E-state index is 0. The average molecular weight is 322 g/mol. The van der Waals surface area contributed by atoms with E-state index in [4.69, 9.17) is 0 Å². The van der Waals surface area contributed by atoms with Crippen LogP contribution in [0.25, 0.3) is 0 Å². The Morgan fingerprint density at radius 3 is 0.500 bits per heavy atom. The van der Waals surface area contributed by atoms with E-state index >= 15 is 0 Å². The fraction of sp³-hybridized carbons (Fsp3) is 0. The van der Waals surface area contributed by atoms with E-state index in [2.05, 4.69) is 27.6 Å². The Bertz CT molecular complexity index is 12.5. The summed E-state index contributed by atoms with van der Waals surface area (Å²) in [6.07, 6.45) is 0. The smallest absolute Gasteiger partial charge is 0.412 e. The first-order valence-electron chi connectivity index (χ1n) is 0.309. The van der Waals surface area contributed by atoms with Crippen LogP contribution in [0, 0.1) is 0 Å². The first kappa shape index (κ1) is 199. The first-order chi connectivity index (χ1) is 1.41. The summed E-state index contributed by atoms with van der Waals surface area (Å²) < 4.78 is 3.19. The molecule has 0 heterocycles. The predicted molar refractivity (Wildman–Crippen MR) is 41.7 cm³/mol. The van der Waals surface area contributed by atoms with Gasteiger partial charge in [0.15, 0.2) is 0 Å². The van der Waals surface area contributed by atoms with Gasteiger partial charge in [0, 0.05) is 0 Å². The van der Waals surface area contributed by atoms with Crippen LogP contribution in [0.15, 0.2) is 0 Å². The first-order valence-corrected chi connectivity index (χ1v) is 0.926. The third kappa shape index (κ3) is 931. The van der Waals surface area contributed by atoms with Crippen molar-refractivity contribution >= 4 is 23.7 Å². The minimum absolute atomic E-state index is 0. The molecule has 0 bridgehead atoms. The van der Waals surface area contributed by atoms with Gasteiger partial charge in [0.25, 0.3) is 0 Å². The number of hydrogen-bond donors (Lipinski definition) is 0. The molecule has 12 heavy (non-hydrogen) atoms. The van der Waals surface area contributed by atoms with Gasteiger partial charge in [-0.15, -0.1) is 0 Å². The Morgan fingerprint density at radius 2 is 0.500 bits per heavy atom. The van der Waals surface area contributed by atoms with Crippen molar-refractivity contribution in [2.45, 2.75) is 0 Å². The quantitative estimate of drug-likeness (QED) is 0.415. The zero-order chi connectivity index (χ0) is 2.71. The van der Waals surface area contributed by atoms with E-state index in [1.807, 2.05) is 0 Å². The van der Waals surface area contributed by atoms with Crippen molar-refractivity contribution in [3.8, 4) is 0 Å². The molecular formula is H16Cl2O9Zr+4. The second-order valence-corrected chi connectivity index (χ2v) is 0.525. The molecule has 0 saturated heterocycles. The molecule has 16 N–H and O–H groups in total. The Morgan fingerprint density at radius 1 is 0.500 bits per heavy atom. The Hall–Kier alpha value is 1.10.